The first-order valence-electron chi connectivity index (χ1n) is 14.9. The van der Waals surface area contributed by atoms with E-state index in [1.807, 2.05) is 13.0 Å². The average molecular weight is 544 g/mol. The number of nitrogens with zero attached hydrogens (tertiary/aromatic N) is 4. The lowest BCUT2D eigenvalue weighted by Gasteiger charge is -2.36. The number of aromatic nitrogens is 3. The van der Waals surface area contributed by atoms with Gasteiger partial charge < -0.3 is 25.4 Å². The van der Waals surface area contributed by atoms with Gasteiger partial charge in [-0.25, -0.2) is 9.97 Å². The van der Waals surface area contributed by atoms with E-state index in [2.05, 4.69) is 66.7 Å². The van der Waals surface area contributed by atoms with E-state index in [-0.39, 0.29) is 41.8 Å². The SMILES string of the molecule is CN[C@@H](C)C(=O)N[C@H](C(=O)N1CC[C@@H]2[C@H]1[C@@H](c1c[nH]c3cc(C)ccc13)CN2c1ncccn1)C1CCCCC1. The summed E-state index contributed by atoms with van der Waals surface area (Å²) in [6.45, 7) is 5.34. The number of hydrogen-bond donors (Lipinski definition) is 3. The number of aryl methyl sites for hydroxylation is 1. The van der Waals surface area contributed by atoms with E-state index in [1.54, 1.807) is 19.4 Å². The molecule has 2 saturated heterocycles. The van der Waals surface area contributed by atoms with Gasteiger partial charge in [0.1, 0.15) is 6.04 Å². The molecule has 0 bridgehead atoms. The number of carbonyl (C=O) groups is 2. The van der Waals surface area contributed by atoms with Gasteiger partial charge in [0.05, 0.1) is 18.1 Å². The van der Waals surface area contributed by atoms with Crippen molar-refractivity contribution in [3.63, 3.8) is 0 Å². The maximum atomic E-state index is 14.5. The highest BCUT2D eigenvalue weighted by Gasteiger charge is 2.53. The van der Waals surface area contributed by atoms with Crippen LogP contribution in [-0.4, -0.2) is 76.0 Å². The van der Waals surface area contributed by atoms with Crippen LogP contribution < -0.4 is 15.5 Å². The number of aromatic amines is 1. The van der Waals surface area contributed by atoms with Gasteiger partial charge in [0.25, 0.3) is 0 Å². The molecule has 1 saturated carbocycles. The third-order valence-corrected chi connectivity index (χ3v) is 9.50. The molecule has 9 heteroatoms. The highest BCUT2D eigenvalue weighted by molar-refractivity contribution is 5.91. The van der Waals surface area contributed by atoms with Crippen molar-refractivity contribution in [2.45, 2.75) is 82.5 Å². The number of likely N-dealkylation sites (N-methyl/N-ethyl adjacent to an activating group) is 1. The van der Waals surface area contributed by atoms with Crippen LogP contribution in [0.4, 0.5) is 5.95 Å². The Morgan fingerprint density at radius 1 is 1.10 bits per heavy atom. The van der Waals surface area contributed by atoms with Crippen molar-refractivity contribution >= 4 is 28.7 Å². The molecule has 1 aromatic carbocycles. The summed E-state index contributed by atoms with van der Waals surface area (Å²) in [5.41, 5.74) is 3.56. The number of hydrogen-bond acceptors (Lipinski definition) is 6. The fraction of sp³-hybridized carbons (Fsp3) is 0.548. The molecule has 9 nitrogen and oxygen atoms in total. The Bertz CT molecular complexity index is 1350. The summed E-state index contributed by atoms with van der Waals surface area (Å²) in [5.74, 6) is 0.919. The molecule has 3 N–H and O–H groups in total. The number of rotatable bonds is 7. The van der Waals surface area contributed by atoms with Crippen molar-refractivity contribution in [1.29, 1.82) is 0 Å². The van der Waals surface area contributed by atoms with E-state index in [9.17, 15) is 9.59 Å². The molecule has 5 atom stereocenters. The second-order valence-corrected chi connectivity index (χ2v) is 11.9. The molecule has 2 amide bonds. The molecule has 3 fully saturated rings. The molecular formula is C31H41N7O2. The van der Waals surface area contributed by atoms with Gasteiger partial charge in [0, 0.05) is 48.5 Å². The summed E-state index contributed by atoms with van der Waals surface area (Å²) in [4.78, 5) is 44.7. The van der Waals surface area contributed by atoms with Gasteiger partial charge in [-0.05, 0) is 69.3 Å². The van der Waals surface area contributed by atoms with Crippen molar-refractivity contribution in [2.75, 3.05) is 25.0 Å². The summed E-state index contributed by atoms with van der Waals surface area (Å²) in [5, 5.41) is 7.41. The summed E-state index contributed by atoms with van der Waals surface area (Å²) in [7, 11) is 1.78. The smallest absolute Gasteiger partial charge is 0.245 e. The lowest BCUT2D eigenvalue weighted by Crippen LogP contribution is -2.57. The molecular weight excluding hydrogens is 502 g/mol. The van der Waals surface area contributed by atoms with E-state index in [0.29, 0.717) is 12.5 Å². The summed E-state index contributed by atoms with van der Waals surface area (Å²) >= 11 is 0. The van der Waals surface area contributed by atoms with E-state index in [0.717, 1.165) is 44.2 Å². The Hall–Kier alpha value is -3.46. The number of benzene rings is 1. The number of fused-ring (bicyclic) bond motifs is 2. The lowest BCUT2D eigenvalue weighted by molar-refractivity contribution is -0.139. The van der Waals surface area contributed by atoms with Crippen molar-refractivity contribution in [1.82, 2.24) is 30.5 Å². The fourth-order valence-corrected chi connectivity index (χ4v) is 7.29. The van der Waals surface area contributed by atoms with Crippen molar-refractivity contribution in [3.8, 4) is 0 Å². The molecule has 0 unspecified atom stereocenters. The standard InChI is InChI=1S/C31H41N7O2/c1-19-10-11-22-23(17-35-25(22)16-19)24-18-38(31-33-13-7-14-34-31)26-12-15-37(28(24)26)30(40)27(21-8-5-4-6-9-21)36-29(39)20(2)32-3/h7,10-11,13-14,16-17,20-21,24,26-28,32,35H,4-6,8-9,12,15,18H2,1-3H3,(H,36,39)/t20-,24+,26+,27-,28+/m0/s1. The molecule has 4 heterocycles. The summed E-state index contributed by atoms with van der Waals surface area (Å²) in [6, 6.07) is 7.59. The largest absolute Gasteiger partial charge is 0.361 e. The lowest BCUT2D eigenvalue weighted by atomic mass is 9.82. The average Bonchev–Trinajstić information content (AvgIpc) is 3.70. The molecule has 0 spiro atoms. The highest BCUT2D eigenvalue weighted by Crippen LogP contribution is 2.44. The van der Waals surface area contributed by atoms with Crippen LogP contribution in [0.2, 0.25) is 0 Å². The minimum absolute atomic E-state index is 0.0266. The maximum Gasteiger partial charge on any atom is 0.245 e. The van der Waals surface area contributed by atoms with Crippen LogP contribution in [0, 0.1) is 12.8 Å². The molecule has 1 aliphatic carbocycles. The Morgan fingerprint density at radius 3 is 2.62 bits per heavy atom. The number of carbonyl (C=O) groups excluding carboxylic acids is 2. The topological polar surface area (TPSA) is 106 Å². The van der Waals surface area contributed by atoms with Crippen LogP contribution in [0.1, 0.15) is 62.5 Å². The van der Waals surface area contributed by atoms with Crippen LogP contribution in [0.5, 0.6) is 0 Å². The van der Waals surface area contributed by atoms with Crippen LogP contribution in [-0.2, 0) is 9.59 Å². The molecule has 212 valence electrons. The van der Waals surface area contributed by atoms with Crippen LogP contribution >= 0.6 is 0 Å². The van der Waals surface area contributed by atoms with Gasteiger partial charge in [-0.1, -0.05) is 31.4 Å². The minimum atomic E-state index is -0.504. The Kier molecular flexibility index (Phi) is 7.49. The van der Waals surface area contributed by atoms with Crippen LogP contribution in [0.25, 0.3) is 10.9 Å². The number of anilines is 1. The zero-order chi connectivity index (χ0) is 27.8. The molecule has 6 rings (SSSR count). The van der Waals surface area contributed by atoms with E-state index in [1.165, 1.54) is 22.9 Å². The number of amides is 2. The molecule has 40 heavy (non-hydrogen) atoms. The first-order chi connectivity index (χ1) is 19.5. The zero-order valence-electron chi connectivity index (χ0n) is 23.8. The normalized spacial score (nSPS) is 24.7. The van der Waals surface area contributed by atoms with Crippen molar-refractivity contribution < 1.29 is 9.59 Å². The van der Waals surface area contributed by atoms with Crippen LogP contribution in [0.3, 0.4) is 0 Å². The fourth-order valence-electron chi connectivity index (χ4n) is 7.29. The molecule has 0 radical (unpaired) electrons. The molecule has 2 aliphatic heterocycles. The number of nitrogens with one attached hydrogen (secondary N) is 3. The van der Waals surface area contributed by atoms with Crippen molar-refractivity contribution in [2.24, 2.45) is 5.92 Å². The first kappa shape index (κ1) is 26.7. The number of H-pyrrole nitrogens is 1. The molecule has 3 aromatic rings. The van der Waals surface area contributed by atoms with E-state index in [4.69, 9.17) is 0 Å². The first-order valence-corrected chi connectivity index (χ1v) is 14.9. The van der Waals surface area contributed by atoms with Gasteiger partial charge in [-0.2, -0.15) is 0 Å². The van der Waals surface area contributed by atoms with Crippen LogP contribution in [0.15, 0.2) is 42.9 Å². The maximum absolute atomic E-state index is 14.5. The quantitative estimate of drug-likeness (QED) is 0.421. The number of likely N-dealkylation sites (tertiary alicyclic amines) is 1. The van der Waals surface area contributed by atoms with E-state index >= 15 is 0 Å². The minimum Gasteiger partial charge on any atom is -0.361 e. The third kappa shape index (κ3) is 4.85. The highest BCUT2D eigenvalue weighted by atomic mass is 16.2. The second kappa shape index (κ2) is 11.2. The summed E-state index contributed by atoms with van der Waals surface area (Å²) < 4.78 is 0. The third-order valence-electron chi connectivity index (χ3n) is 9.50. The monoisotopic (exact) mass is 543 g/mol. The molecule has 2 aromatic heterocycles. The molecule has 3 aliphatic rings. The zero-order valence-corrected chi connectivity index (χ0v) is 23.8. The van der Waals surface area contributed by atoms with Gasteiger partial charge in [0.15, 0.2) is 0 Å². The Morgan fingerprint density at radius 2 is 1.88 bits per heavy atom. The predicted octanol–water partition coefficient (Wildman–Crippen LogP) is 3.51. The summed E-state index contributed by atoms with van der Waals surface area (Å²) in [6.07, 6.45) is 11.9. The van der Waals surface area contributed by atoms with Crippen molar-refractivity contribution in [3.05, 3.63) is 54.0 Å². The second-order valence-electron chi connectivity index (χ2n) is 11.9. The van der Waals surface area contributed by atoms with Gasteiger partial charge in [-0.15, -0.1) is 0 Å². The Balaban J connectivity index is 1.36. The van der Waals surface area contributed by atoms with Gasteiger partial charge >= 0.3 is 0 Å². The Labute approximate surface area is 236 Å². The van der Waals surface area contributed by atoms with E-state index < -0.39 is 6.04 Å². The van der Waals surface area contributed by atoms with Gasteiger partial charge in [0.2, 0.25) is 17.8 Å². The predicted molar refractivity (Wildman–Crippen MR) is 156 cm³/mol. The van der Waals surface area contributed by atoms with Gasteiger partial charge in [-0.3, -0.25) is 9.59 Å².